The molecule has 3 heteroatoms. The van der Waals surface area contributed by atoms with Gasteiger partial charge in [0.15, 0.2) is 0 Å². The molecule has 88 valence electrons. The molecule has 1 atom stereocenters. The molecule has 0 aromatic rings. The molecule has 0 aromatic heterocycles. The van der Waals surface area contributed by atoms with Gasteiger partial charge in [0.2, 0.25) is 0 Å². The zero-order valence-electron chi connectivity index (χ0n) is 9.86. The molecule has 0 aliphatic carbocycles. The van der Waals surface area contributed by atoms with Gasteiger partial charge < -0.3 is 10.0 Å². The van der Waals surface area contributed by atoms with Crippen LogP contribution in [0, 0.1) is 0 Å². The van der Waals surface area contributed by atoms with E-state index in [0.717, 1.165) is 45.6 Å². The summed E-state index contributed by atoms with van der Waals surface area (Å²) in [5.74, 6) is 0. The Labute approximate surface area is 93.4 Å². The molecule has 1 unspecified atom stereocenters. The lowest BCUT2D eigenvalue weighted by molar-refractivity contribution is 0.0644. The monoisotopic (exact) mass is 212 g/mol. The summed E-state index contributed by atoms with van der Waals surface area (Å²) in [5.41, 5.74) is 0. The number of aliphatic hydroxyl groups is 1. The van der Waals surface area contributed by atoms with Crippen molar-refractivity contribution in [3.63, 3.8) is 0 Å². The van der Waals surface area contributed by atoms with Crippen molar-refractivity contribution in [2.45, 2.75) is 25.8 Å². The predicted octanol–water partition coefficient (Wildman–Crippen LogP) is 0.951. The Balaban J connectivity index is 2.25. The summed E-state index contributed by atoms with van der Waals surface area (Å²) in [6.45, 7) is 11.8. The minimum Gasteiger partial charge on any atom is -0.395 e. The van der Waals surface area contributed by atoms with Gasteiger partial charge in [0, 0.05) is 38.8 Å². The quantitative estimate of drug-likeness (QED) is 0.664. The summed E-state index contributed by atoms with van der Waals surface area (Å²) in [6, 6.07) is 0.367. The zero-order chi connectivity index (χ0) is 11.1. The summed E-state index contributed by atoms with van der Waals surface area (Å²) < 4.78 is 0. The van der Waals surface area contributed by atoms with Crippen LogP contribution in [0.4, 0.5) is 0 Å². The second-order valence-corrected chi connectivity index (χ2v) is 4.20. The fraction of sp³-hybridized carbons (Fsp3) is 0.833. The van der Waals surface area contributed by atoms with Crippen molar-refractivity contribution in [1.82, 2.24) is 9.80 Å². The van der Waals surface area contributed by atoms with Gasteiger partial charge in [-0.2, -0.15) is 0 Å². The lowest BCUT2D eigenvalue weighted by Gasteiger charge is -2.38. The third-order valence-corrected chi connectivity index (χ3v) is 3.25. The molecule has 1 heterocycles. The number of nitrogens with zero attached hydrogens (tertiary/aromatic N) is 2. The molecule has 1 fully saturated rings. The van der Waals surface area contributed by atoms with Gasteiger partial charge in [0.25, 0.3) is 0 Å². The maximum absolute atomic E-state index is 9.22. The Hall–Kier alpha value is -0.380. The summed E-state index contributed by atoms with van der Waals surface area (Å²) in [7, 11) is 0. The van der Waals surface area contributed by atoms with Crippen molar-refractivity contribution in [1.29, 1.82) is 0 Å². The van der Waals surface area contributed by atoms with Crippen LogP contribution in [-0.2, 0) is 0 Å². The molecule has 0 saturated carbocycles. The minimum absolute atomic E-state index is 0.295. The molecule has 3 nitrogen and oxygen atoms in total. The molecular formula is C12H24N2O. The van der Waals surface area contributed by atoms with Crippen LogP contribution in [0.15, 0.2) is 12.7 Å². The topological polar surface area (TPSA) is 26.7 Å². The Morgan fingerprint density at radius 3 is 2.47 bits per heavy atom. The Morgan fingerprint density at radius 1 is 1.33 bits per heavy atom. The van der Waals surface area contributed by atoms with Crippen molar-refractivity contribution in [2.24, 2.45) is 0 Å². The van der Waals surface area contributed by atoms with Crippen LogP contribution in [0.25, 0.3) is 0 Å². The normalized spacial score (nSPS) is 21.5. The van der Waals surface area contributed by atoms with E-state index in [0.29, 0.717) is 12.6 Å². The van der Waals surface area contributed by atoms with E-state index in [1.54, 1.807) is 0 Å². The van der Waals surface area contributed by atoms with E-state index in [4.69, 9.17) is 0 Å². The maximum atomic E-state index is 9.22. The number of hydrogen-bond acceptors (Lipinski definition) is 3. The molecule has 1 aliphatic heterocycles. The van der Waals surface area contributed by atoms with Gasteiger partial charge in [-0.1, -0.05) is 13.0 Å². The van der Waals surface area contributed by atoms with E-state index >= 15 is 0 Å². The van der Waals surface area contributed by atoms with Crippen molar-refractivity contribution in [2.75, 3.05) is 39.3 Å². The van der Waals surface area contributed by atoms with Gasteiger partial charge in [0.1, 0.15) is 0 Å². The highest BCUT2D eigenvalue weighted by molar-refractivity contribution is 4.79. The smallest absolute Gasteiger partial charge is 0.0586 e. The highest BCUT2D eigenvalue weighted by Gasteiger charge is 2.21. The van der Waals surface area contributed by atoms with Crippen LogP contribution in [0.3, 0.4) is 0 Å². The van der Waals surface area contributed by atoms with Crippen LogP contribution in [0.1, 0.15) is 19.8 Å². The predicted molar refractivity (Wildman–Crippen MR) is 64.0 cm³/mol. The van der Waals surface area contributed by atoms with Gasteiger partial charge in [-0.3, -0.25) is 4.90 Å². The summed E-state index contributed by atoms with van der Waals surface area (Å²) in [5, 5.41) is 9.22. The molecule has 1 saturated heterocycles. The van der Waals surface area contributed by atoms with E-state index in [2.05, 4.69) is 23.3 Å². The van der Waals surface area contributed by atoms with E-state index in [1.807, 2.05) is 6.08 Å². The molecule has 0 bridgehead atoms. The van der Waals surface area contributed by atoms with E-state index in [1.165, 1.54) is 0 Å². The lowest BCUT2D eigenvalue weighted by atomic mass is 10.1. The maximum Gasteiger partial charge on any atom is 0.0586 e. The fourth-order valence-electron chi connectivity index (χ4n) is 2.13. The Kier molecular flexibility index (Phi) is 5.91. The van der Waals surface area contributed by atoms with Crippen LogP contribution >= 0.6 is 0 Å². The average Bonchev–Trinajstić information content (AvgIpc) is 2.29. The van der Waals surface area contributed by atoms with Gasteiger partial charge in [0.05, 0.1) is 6.61 Å². The molecule has 0 amide bonds. The van der Waals surface area contributed by atoms with Gasteiger partial charge >= 0.3 is 0 Å². The first-order valence-electron chi connectivity index (χ1n) is 6.00. The average molecular weight is 212 g/mol. The third-order valence-electron chi connectivity index (χ3n) is 3.25. The van der Waals surface area contributed by atoms with Crippen molar-refractivity contribution in [3.8, 4) is 0 Å². The molecule has 15 heavy (non-hydrogen) atoms. The molecule has 1 aliphatic rings. The summed E-state index contributed by atoms with van der Waals surface area (Å²) in [6.07, 6.45) is 4.11. The highest BCUT2D eigenvalue weighted by atomic mass is 16.3. The number of aliphatic hydroxyl groups excluding tert-OH is 1. The number of rotatable bonds is 6. The van der Waals surface area contributed by atoms with Crippen molar-refractivity contribution in [3.05, 3.63) is 12.7 Å². The fourth-order valence-corrected chi connectivity index (χ4v) is 2.13. The summed E-state index contributed by atoms with van der Waals surface area (Å²) >= 11 is 0. The molecule has 0 radical (unpaired) electrons. The third kappa shape index (κ3) is 3.93. The highest BCUT2D eigenvalue weighted by Crippen LogP contribution is 2.09. The van der Waals surface area contributed by atoms with Crippen LogP contribution < -0.4 is 0 Å². The first-order valence-corrected chi connectivity index (χ1v) is 6.00. The minimum atomic E-state index is 0.295. The second kappa shape index (κ2) is 6.99. The van der Waals surface area contributed by atoms with Crippen LogP contribution in [0.2, 0.25) is 0 Å². The largest absolute Gasteiger partial charge is 0.395 e. The lowest BCUT2D eigenvalue weighted by Crippen LogP contribution is -2.51. The molecular weight excluding hydrogens is 188 g/mol. The number of piperazine rings is 1. The molecule has 1 rings (SSSR count). The first-order chi connectivity index (χ1) is 7.31. The SMILES string of the molecule is C=CCCN1CCN(C(CC)CO)CC1. The van der Waals surface area contributed by atoms with Crippen molar-refractivity contribution >= 4 is 0 Å². The van der Waals surface area contributed by atoms with E-state index < -0.39 is 0 Å². The zero-order valence-corrected chi connectivity index (χ0v) is 9.86. The first kappa shape index (κ1) is 12.7. The van der Waals surface area contributed by atoms with Gasteiger partial charge in [-0.15, -0.1) is 6.58 Å². The Bertz CT molecular complexity index is 172. The second-order valence-electron chi connectivity index (χ2n) is 4.20. The van der Waals surface area contributed by atoms with Crippen molar-refractivity contribution < 1.29 is 5.11 Å². The molecule has 0 spiro atoms. The number of hydrogen-bond donors (Lipinski definition) is 1. The van der Waals surface area contributed by atoms with E-state index in [-0.39, 0.29) is 0 Å². The van der Waals surface area contributed by atoms with Gasteiger partial charge in [-0.25, -0.2) is 0 Å². The standard InChI is InChI=1S/C12H24N2O/c1-3-5-6-13-7-9-14(10-8-13)12(4-2)11-15/h3,12,15H,1,4-11H2,2H3. The molecule has 0 aromatic carbocycles. The van der Waals surface area contributed by atoms with Gasteiger partial charge in [-0.05, 0) is 12.8 Å². The van der Waals surface area contributed by atoms with Crippen LogP contribution in [0.5, 0.6) is 0 Å². The summed E-state index contributed by atoms with van der Waals surface area (Å²) in [4.78, 5) is 4.88. The van der Waals surface area contributed by atoms with E-state index in [9.17, 15) is 5.11 Å². The van der Waals surface area contributed by atoms with Crippen LogP contribution in [-0.4, -0.2) is 60.3 Å². The Morgan fingerprint density at radius 2 is 2.00 bits per heavy atom. The molecule has 1 N–H and O–H groups in total.